The van der Waals surface area contributed by atoms with Gasteiger partial charge in [-0.15, -0.1) is 0 Å². The minimum Gasteiger partial charge on any atom is -0.253 e. The molecule has 0 bridgehead atoms. The van der Waals surface area contributed by atoms with Gasteiger partial charge in [0.1, 0.15) is 0 Å². The Morgan fingerprint density at radius 2 is 0.775 bits per heavy atom. The normalized spacial score (nSPS) is 12.2. The van der Waals surface area contributed by atoms with Crippen molar-refractivity contribution in [3.8, 4) is 33.4 Å². The molecule has 0 radical (unpaired) electrons. The molecule has 9 rings (SSSR count). The zero-order valence-electron chi connectivity index (χ0n) is 22.3. The molecule has 186 valence electrons. The van der Waals surface area contributed by atoms with Crippen molar-refractivity contribution in [2.45, 2.75) is 13.8 Å². The minimum absolute atomic E-state index is 1.04. The number of fused-ring (bicyclic) bond motifs is 3. The van der Waals surface area contributed by atoms with Crippen molar-refractivity contribution < 1.29 is 0 Å². The van der Waals surface area contributed by atoms with Crippen molar-refractivity contribution in [1.82, 2.24) is 9.97 Å². The fraction of sp³-hybridized carbons (Fsp3) is 0.0526. The molecular formula is C38H24N2. The Kier molecular flexibility index (Phi) is 4.22. The lowest BCUT2D eigenvalue weighted by Gasteiger charge is -2.12. The fourth-order valence-electron chi connectivity index (χ4n) is 7.01. The minimum atomic E-state index is 1.04. The summed E-state index contributed by atoms with van der Waals surface area (Å²) < 4.78 is 0. The Hall–Kier alpha value is -5.08. The number of aryl methyl sites for hydroxylation is 2. The molecule has 0 aliphatic heterocycles. The van der Waals surface area contributed by atoms with E-state index in [4.69, 9.17) is 9.97 Å². The highest BCUT2D eigenvalue weighted by molar-refractivity contribution is 6.35. The third-order valence-corrected chi connectivity index (χ3v) is 8.75. The number of benzene rings is 6. The van der Waals surface area contributed by atoms with Crippen LogP contribution in [-0.2, 0) is 0 Å². The molecule has 0 spiro atoms. The molecule has 40 heavy (non-hydrogen) atoms. The predicted octanol–water partition coefficient (Wildman–Crippen LogP) is 10.2. The van der Waals surface area contributed by atoms with Crippen LogP contribution < -0.4 is 0 Å². The molecule has 2 aromatic heterocycles. The summed E-state index contributed by atoms with van der Waals surface area (Å²) in [6.45, 7) is 4.11. The van der Waals surface area contributed by atoms with E-state index in [-0.39, 0.29) is 0 Å². The third kappa shape index (κ3) is 2.83. The Labute approximate surface area is 231 Å². The molecule has 0 saturated carbocycles. The summed E-state index contributed by atoms with van der Waals surface area (Å²) in [6, 6.07) is 40.1. The van der Waals surface area contributed by atoms with E-state index < -0.39 is 0 Å². The average molecular weight is 509 g/mol. The molecule has 0 unspecified atom stereocenters. The second-order valence-electron chi connectivity index (χ2n) is 11.0. The molecule has 8 aromatic rings. The summed E-state index contributed by atoms with van der Waals surface area (Å²) in [6.07, 6.45) is 0. The first-order valence-electron chi connectivity index (χ1n) is 13.8. The quantitative estimate of drug-likeness (QED) is 0.217. The van der Waals surface area contributed by atoms with Crippen LogP contribution in [0.15, 0.2) is 109 Å². The molecular weight excluding hydrogens is 484 g/mol. The molecule has 2 heteroatoms. The van der Waals surface area contributed by atoms with Crippen LogP contribution in [0.3, 0.4) is 0 Å². The zero-order valence-corrected chi connectivity index (χ0v) is 22.3. The molecule has 6 aromatic carbocycles. The molecule has 0 amide bonds. The first kappa shape index (κ1) is 21.8. The van der Waals surface area contributed by atoms with Gasteiger partial charge in [-0.05, 0) is 104 Å². The van der Waals surface area contributed by atoms with Crippen LogP contribution in [0.25, 0.3) is 87.5 Å². The molecule has 0 N–H and O–H groups in total. The number of aromatic nitrogens is 2. The summed E-state index contributed by atoms with van der Waals surface area (Å²) in [5.74, 6) is 0. The van der Waals surface area contributed by atoms with Crippen molar-refractivity contribution in [3.63, 3.8) is 0 Å². The summed E-state index contributed by atoms with van der Waals surface area (Å²) >= 11 is 0. The van der Waals surface area contributed by atoms with E-state index in [2.05, 4.69) is 123 Å². The van der Waals surface area contributed by atoms with Crippen molar-refractivity contribution in [2.75, 3.05) is 0 Å². The number of rotatable bonds is 2. The highest BCUT2D eigenvalue weighted by atomic mass is 14.7. The largest absolute Gasteiger partial charge is 0.253 e. The number of hydrogen-bond donors (Lipinski definition) is 0. The Balaban J connectivity index is 1.37. The monoisotopic (exact) mass is 508 g/mol. The summed E-state index contributed by atoms with van der Waals surface area (Å²) in [4.78, 5) is 9.62. The summed E-state index contributed by atoms with van der Waals surface area (Å²) in [5, 5.41) is 10.4. The lowest BCUT2D eigenvalue weighted by Crippen LogP contribution is -1.88. The predicted molar refractivity (Wildman–Crippen MR) is 169 cm³/mol. The van der Waals surface area contributed by atoms with Crippen molar-refractivity contribution in [1.29, 1.82) is 0 Å². The lowest BCUT2D eigenvalue weighted by atomic mass is 9.91. The van der Waals surface area contributed by atoms with Gasteiger partial charge in [0.2, 0.25) is 0 Å². The Morgan fingerprint density at radius 3 is 1.27 bits per heavy atom. The average Bonchev–Trinajstić information content (AvgIpc) is 3.33. The standard InChI is InChI=1S/C38H24N2/c1-21-9-13-28-24(5-3-7-34(28)39-21)26-17-19-32-33-20-18-27(25-6-4-8-35-29(25)14-10-22(2)40-35)31-16-12-23-11-15-30(26)37(32)36(23)38(31)33/h3-20H,1-2H3. The number of pyridine rings is 2. The van der Waals surface area contributed by atoms with Gasteiger partial charge in [-0.3, -0.25) is 9.97 Å². The summed E-state index contributed by atoms with van der Waals surface area (Å²) in [7, 11) is 0. The van der Waals surface area contributed by atoms with Gasteiger partial charge < -0.3 is 0 Å². The van der Waals surface area contributed by atoms with Crippen LogP contribution in [0, 0.1) is 13.8 Å². The summed E-state index contributed by atoms with van der Waals surface area (Å²) in [5.41, 5.74) is 11.8. The third-order valence-electron chi connectivity index (χ3n) is 8.75. The first-order chi connectivity index (χ1) is 19.7. The first-order valence-corrected chi connectivity index (χ1v) is 13.8. The Bertz CT molecular complexity index is 2230. The van der Waals surface area contributed by atoms with Crippen molar-refractivity contribution >= 4 is 54.1 Å². The van der Waals surface area contributed by atoms with Crippen LogP contribution in [0.1, 0.15) is 11.4 Å². The van der Waals surface area contributed by atoms with Gasteiger partial charge in [0.25, 0.3) is 0 Å². The van der Waals surface area contributed by atoms with Gasteiger partial charge in [-0.2, -0.15) is 0 Å². The van der Waals surface area contributed by atoms with Crippen LogP contribution in [0.4, 0.5) is 0 Å². The maximum Gasteiger partial charge on any atom is 0.0711 e. The van der Waals surface area contributed by atoms with E-state index in [9.17, 15) is 0 Å². The van der Waals surface area contributed by atoms with Gasteiger partial charge in [0.05, 0.1) is 11.0 Å². The molecule has 1 aliphatic carbocycles. The smallest absolute Gasteiger partial charge is 0.0711 e. The van der Waals surface area contributed by atoms with Gasteiger partial charge in [-0.1, -0.05) is 84.9 Å². The van der Waals surface area contributed by atoms with Gasteiger partial charge in [-0.25, -0.2) is 0 Å². The molecule has 0 atom stereocenters. The second-order valence-corrected chi connectivity index (χ2v) is 11.0. The molecule has 2 heterocycles. The van der Waals surface area contributed by atoms with Crippen LogP contribution >= 0.6 is 0 Å². The van der Waals surface area contributed by atoms with Gasteiger partial charge in [0.15, 0.2) is 0 Å². The van der Waals surface area contributed by atoms with E-state index in [1.807, 2.05) is 0 Å². The molecule has 0 saturated heterocycles. The number of hydrogen-bond acceptors (Lipinski definition) is 2. The number of nitrogens with zero attached hydrogens (tertiary/aromatic N) is 2. The van der Waals surface area contributed by atoms with E-state index in [1.165, 1.54) is 76.5 Å². The second kappa shape index (κ2) is 7.74. The highest BCUT2D eigenvalue weighted by Gasteiger charge is 2.24. The molecule has 1 aliphatic rings. The Morgan fingerprint density at radius 1 is 0.350 bits per heavy atom. The van der Waals surface area contributed by atoms with E-state index in [0.717, 1.165) is 22.4 Å². The van der Waals surface area contributed by atoms with E-state index >= 15 is 0 Å². The fourth-order valence-corrected chi connectivity index (χ4v) is 7.01. The van der Waals surface area contributed by atoms with Gasteiger partial charge in [0, 0.05) is 22.2 Å². The van der Waals surface area contributed by atoms with Crippen LogP contribution in [0.5, 0.6) is 0 Å². The van der Waals surface area contributed by atoms with Crippen molar-refractivity contribution in [3.05, 3.63) is 121 Å². The van der Waals surface area contributed by atoms with E-state index in [1.54, 1.807) is 0 Å². The maximum absolute atomic E-state index is 4.81. The zero-order chi connectivity index (χ0) is 26.5. The van der Waals surface area contributed by atoms with E-state index in [0.29, 0.717) is 0 Å². The highest BCUT2D eigenvalue weighted by Crippen LogP contribution is 2.51. The van der Waals surface area contributed by atoms with Gasteiger partial charge >= 0.3 is 0 Å². The maximum atomic E-state index is 4.81. The topological polar surface area (TPSA) is 25.8 Å². The lowest BCUT2D eigenvalue weighted by molar-refractivity contribution is 1.26. The van der Waals surface area contributed by atoms with Crippen LogP contribution in [-0.4, -0.2) is 9.97 Å². The SMILES string of the molecule is Cc1ccc2c(-c3ccc4c5c3ccc3ccc6c(-c7cccc8nc(C)ccc78)ccc-4c6c35)cccc2n1. The van der Waals surface area contributed by atoms with Crippen LogP contribution in [0.2, 0.25) is 0 Å². The molecule has 0 fully saturated rings. The molecule has 2 nitrogen and oxygen atoms in total. The van der Waals surface area contributed by atoms with Crippen molar-refractivity contribution in [2.24, 2.45) is 0 Å².